The van der Waals surface area contributed by atoms with Crippen molar-refractivity contribution in [2.24, 2.45) is 11.5 Å². The van der Waals surface area contributed by atoms with Crippen molar-refractivity contribution in [3.8, 4) is 0 Å². The number of nitrogens with zero attached hydrogens (tertiary/aromatic N) is 1. The summed E-state index contributed by atoms with van der Waals surface area (Å²) in [5.74, 6) is -1.96. The van der Waals surface area contributed by atoms with Crippen LogP contribution < -0.4 is 11.5 Å². The molecule has 13 heavy (non-hydrogen) atoms. The van der Waals surface area contributed by atoms with E-state index in [0.29, 0.717) is 4.90 Å². The first kappa shape index (κ1) is 9.56. The highest BCUT2D eigenvalue weighted by molar-refractivity contribution is 6.22. The van der Waals surface area contributed by atoms with Gasteiger partial charge in [-0.1, -0.05) is 0 Å². The van der Waals surface area contributed by atoms with Crippen molar-refractivity contribution in [3.05, 3.63) is 12.2 Å². The molecule has 0 aromatic rings. The van der Waals surface area contributed by atoms with E-state index in [0.717, 1.165) is 12.2 Å². The van der Waals surface area contributed by atoms with Gasteiger partial charge < -0.3 is 11.5 Å². The quantitative estimate of drug-likeness (QED) is 0.383. The van der Waals surface area contributed by atoms with Crippen LogP contribution in [0.4, 0.5) is 0 Å². The molecule has 0 bridgehead atoms. The Bertz CT molecular complexity index is 277. The van der Waals surface area contributed by atoms with Crippen molar-refractivity contribution in [1.82, 2.24) is 4.90 Å². The van der Waals surface area contributed by atoms with Gasteiger partial charge in [0, 0.05) is 12.2 Å². The Hall–Kier alpha value is -1.53. The first-order chi connectivity index (χ1) is 6.02. The molecule has 3 amide bonds. The lowest BCUT2D eigenvalue weighted by Crippen LogP contribution is -2.42. The Morgan fingerprint density at radius 1 is 1.31 bits per heavy atom. The summed E-state index contributed by atoms with van der Waals surface area (Å²) in [6, 6.07) is 0. The van der Waals surface area contributed by atoms with Crippen LogP contribution in [-0.4, -0.2) is 28.8 Å². The van der Waals surface area contributed by atoms with Crippen molar-refractivity contribution < 1.29 is 14.4 Å². The Labute approximate surface area is 74.2 Å². The molecule has 0 unspecified atom stereocenters. The highest BCUT2D eigenvalue weighted by atomic mass is 16.2. The molecule has 6 nitrogen and oxygen atoms in total. The van der Waals surface area contributed by atoms with E-state index in [1.807, 2.05) is 0 Å². The van der Waals surface area contributed by atoms with Crippen LogP contribution in [0.25, 0.3) is 0 Å². The van der Waals surface area contributed by atoms with Gasteiger partial charge in [0.1, 0.15) is 0 Å². The fourth-order valence-corrected chi connectivity index (χ4v) is 0.939. The average Bonchev–Trinajstić information content (AvgIpc) is 2.29. The van der Waals surface area contributed by atoms with Crippen LogP contribution in [0.5, 0.6) is 0 Å². The van der Waals surface area contributed by atoms with Gasteiger partial charge in [0.25, 0.3) is 11.8 Å². The van der Waals surface area contributed by atoms with Crippen LogP contribution in [0.3, 0.4) is 0 Å². The number of rotatable bonds is 2. The normalized spacial score (nSPS) is 16.1. The molecule has 0 saturated carbocycles. The lowest BCUT2D eigenvalue weighted by atomic mass is 10.3. The lowest BCUT2D eigenvalue weighted by Gasteiger charge is -2.12. The van der Waals surface area contributed by atoms with Gasteiger partial charge in [0.2, 0.25) is 5.91 Å². The number of hydrogen-bond donors (Lipinski definition) is 2. The molecule has 0 fully saturated rings. The van der Waals surface area contributed by atoms with E-state index in [1.54, 1.807) is 0 Å². The zero-order valence-corrected chi connectivity index (χ0v) is 6.77. The summed E-state index contributed by atoms with van der Waals surface area (Å²) in [5, 5.41) is 0. The van der Waals surface area contributed by atoms with E-state index in [1.165, 1.54) is 0 Å². The van der Waals surface area contributed by atoms with Crippen LogP contribution in [0.15, 0.2) is 12.2 Å². The predicted octanol–water partition coefficient (Wildman–Crippen LogP) is -1.93. The first-order valence-corrected chi connectivity index (χ1v) is 3.62. The standard InChI is InChI=1S/C7H9N3O3/c8-4(9)3-7(13)10-5(11)1-2-6(10)12/h1-2,4H,3,8-9H2. The minimum Gasteiger partial charge on any atom is -0.316 e. The molecule has 0 aliphatic carbocycles. The maximum absolute atomic E-state index is 11.2. The topological polar surface area (TPSA) is 106 Å². The summed E-state index contributed by atoms with van der Waals surface area (Å²) < 4.78 is 0. The number of nitrogens with two attached hydrogens (primary N) is 2. The molecule has 0 saturated heterocycles. The van der Waals surface area contributed by atoms with Gasteiger partial charge in [0.05, 0.1) is 12.6 Å². The van der Waals surface area contributed by atoms with E-state index in [-0.39, 0.29) is 6.42 Å². The van der Waals surface area contributed by atoms with E-state index >= 15 is 0 Å². The van der Waals surface area contributed by atoms with Gasteiger partial charge in [-0.15, -0.1) is 0 Å². The molecule has 4 N–H and O–H groups in total. The molecule has 70 valence electrons. The Morgan fingerprint density at radius 2 is 1.77 bits per heavy atom. The van der Waals surface area contributed by atoms with Gasteiger partial charge in [0.15, 0.2) is 0 Å². The fourth-order valence-electron chi connectivity index (χ4n) is 0.939. The van der Waals surface area contributed by atoms with Crippen LogP contribution in [0, 0.1) is 0 Å². The first-order valence-electron chi connectivity index (χ1n) is 3.62. The molecule has 1 aliphatic rings. The monoisotopic (exact) mass is 183 g/mol. The third-order valence-electron chi connectivity index (χ3n) is 1.47. The molecule has 1 heterocycles. The average molecular weight is 183 g/mol. The number of amides is 3. The highest BCUT2D eigenvalue weighted by Crippen LogP contribution is 2.05. The number of carbonyl (C=O) groups excluding carboxylic acids is 3. The maximum Gasteiger partial charge on any atom is 0.260 e. The lowest BCUT2D eigenvalue weighted by molar-refractivity contribution is -0.148. The van der Waals surface area contributed by atoms with Crippen LogP contribution in [0.1, 0.15) is 6.42 Å². The minimum absolute atomic E-state index is 0.223. The van der Waals surface area contributed by atoms with E-state index in [9.17, 15) is 14.4 Å². The summed E-state index contributed by atoms with van der Waals surface area (Å²) in [6.45, 7) is 0. The molecule has 6 heteroatoms. The summed E-state index contributed by atoms with van der Waals surface area (Å²) in [6.07, 6.45) is 0.984. The van der Waals surface area contributed by atoms with Gasteiger partial charge in [-0.05, 0) is 0 Å². The second kappa shape index (κ2) is 3.46. The zero-order chi connectivity index (χ0) is 10.0. The minimum atomic E-state index is -0.853. The van der Waals surface area contributed by atoms with Crippen LogP contribution in [0.2, 0.25) is 0 Å². The summed E-state index contributed by atoms with van der Waals surface area (Å²) in [4.78, 5) is 33.5. The number of carbonyl (C=O) groups is 3. The SMILES string of the molecule is NC(N)CC(=O)N1C(=O)C=CC1=O. The molecule has 0 radical (unpaired) electrons. The van der Waals surface area contributed by atoms with Gasteiger partial charge in [-0.25, -0.2) is 4.90 Å². The van der Waals surface area contributed by atoms with Crippen molar-refractivity contribution in [1.29, 1.82) is 0 Å². The second-order valence-corrected chi connectivity index (χ2v) is 2.61. The predicted molar refractivity (Wildman–Crippen MR) is 42.8 cm³/mol. The third kappa shape index (κ3) is 1.98. The molecule has 1 aliphatic heterocycles. The van der Waals surface area contributed by atoms with E-state index in [2.05, 4.69) is 0 Å². The largest absolute Gasteiger partial charge is 0.316 e. The van der Waals surface area contributed by atoms with Gasteiger partial charge in [-0.2, -0.15) is 0 Å². The summed E-state index contributed by atoms with van der Waals surface area (Å²) in [5.41, 5.74) is 10.3. The van der Waals surface area contributed by atoms with E-state index in [4.69, 9.17) is 11.5 Å². The molecule has 0 aromatic heterocycles. The van der Waals surface area contributed by atoms with Crippen molar-refractivity contribution in [3.63, 3.8) is 0 Å². The fraction of sp³-hybridized carbons (Fsp3) is 0.286. The maximum atomic E-state index is 11.2. The van der Waals surface area contributed by atoms with E-state index < -0.39 is 23.9 Å². The summed E-state index contributed by atoms with van der Waals surface area (Å²) in [7, 11) is 0. The molecule has 1 rings (SSSR count). The Balaban J connectivity index is 2.68. The van der Waals surface area contributed by atoms with Crippen LogP contribution in [-0.2, 0) is 14.4 Å². The van der Waals surface area contributed by atoms with Crippen LogP contribution >= 0.6 is 0 Å². The van der Waals surface area contributed by atoms with Crippen molar-refractivity contribution in [2.75, 3.05) is 0 Å². The number of imide groups is 3. The number of hydrogen-bond acceptors (Lipinski definition) is 5. The second-order valence-electron chi connectivity index (χ2n) is 2.61. The molecular formula is C7H9N3O3. The molecular weight excluding hydrogens is 174 g/mol. The Kier molecular flexibility index (Phi) is 2.54. The summed E-state index contributed by atoms with van der Waals surface area (Å²) >= 11 is 0. The Morgan fingerprint density at radius 3 is 2.15 bits per heavy atom. The smallest absolute Gasteiger partial charge is 0.260 e. The van der Waals surface area contributed by atoms with Crippen molar-refractivity contribution in [2.45, 2.75) is 12.6 Å². The molecule has 0 spiro atoms. The van der Waals surface area contributed by atoms with Crippen molar-refractivity contribution >= 4 is 17.7 Å². The highest BCUT2D eigenvalue weighted by Gasteiger charge is 2.29. The van der Waals surface area contributed by atoms with Gasteiger partial charge in [-0.3, -0.25) is 14.4 Å². The van der Waals surface area contributed by atoms with Gasteiger partial charge >= 0.3 is 0 Å². The molecule has 0 atom stereocenters. The third-order valence-corrected chi connectivity index (χ3v) is 1.47. The zero-order valence-electron chi connectivity index (χ0n) is 6.77. The molecule has 0 aromatic carbocycles.